The van der Waals surface area contributed by atoms with E-state index in [0.717, 1.165) is 0 Å². The number of rotatable bonds is 3. The van der Waals surface area contributed by atoms with Crippen LogP contribution in [0.1, 0.15) is 26.3 Å². The molecule has 0 bridgehead atoms. The van der Waals surface area contributed by atoms with E-state index in [1.54, 1.807) is 42.5 Å². The van der Waals surface area contributed by atoms with Gasteiger partial charge in [-0.3, -0.25) is 9.59 Å². The van der Waals surface area contributed by atoms with Crippen molar-refractivity contribution in [3.05, 3.63) is 68.7 Å². The highest BCUT2D eigenvalue weighted by Gasteiger charge is 2.14. The molecule has 0 saturated heterocycles. The third-order valence-corrected chi connectivity index (χ3v) is 3.64. The van der Waals surface area contributed by atoms with Gasteiger partial charge in [0.1, 0.15) is 0 Å². The van der Waals surface area contributed by atoms with Crippen molar-refractivity contribution in [2.75, 3.05) is 0 Å². The third kappa shape index (κ3) is 2.52. The maximum Gasteiger partial charge on any atom is 0.194 e. The predicted octanol–water partition coefficient (Wildman–Crippen LogP) is 4.15. The highest BCUT2D eigenvalue weighted by molar-refractivity contribution is 9.10. The van der Waals surface area contributed by atoms with Crippen LogP contribution in [0.25, 0.3) is 0 Å². The number of benzene rings is 2. The van der Waals surface area contributed by atoms with Crippen LogP contribution in [0.4, 0.5) is 0 Å². The minimum absolute atomic E-state index is 0.151. The van der Waals surface area contributed by atoms with Crippen molar-refractivity contribution in [2.24, 2.45) is 0 Å². The van der Waals surface area contributed by atoms with Gasteiger partial charge >= 0.3 is 0 Å². The first kappa shape index (κ1) is 13.0. The molecule has 0 aliphatic heterocycles. The quantitative estimate of drug-likeness (QED) is 0.628. The maximum atomic E-state index is 12.3. The summed E-state index contributed by atoms with van der Waals surface area (Å²) in [6.45, 7) is 0. The summed E-state index contributed by atoms with van der Waals surface area (Å²) in [7, 11) is 0. The van der Waals surface area contributed by atoms with Crippen molar-refractivity contribution in [1.29, 1.82) is 0 Å². The molecule has 0 aliphatic rings. The Kier molecular flexibility index (Phi) is 3.94. The Labute approximate surface area is 118 Å². The summed E-state index contributed by atoms with van der Waals surface area (Å²) in [6.07, 6.45) is 0.711. The molecular weight excluding hydrogens is 316 g/mol. The number of carbonyl (C=O) groups is 2. The SMILES string of the molecule is O=Cc1cccc(C(=O)c2ccc(Cl)cc2)c1Br. The topological polar surface area (TPSA) is 34.1 Å². The van der Waals surface area contributed by atoms with Crippen molar-refractivity contribution >= 4 is 39.6 Å². The molecule has 2 aromatic rings. The van der Waals surface area contributed by atoms with Crippen LogP contribution >= 0.6 is 27.5 Å². The molecule has 2 aromatic carbocycles. The van der Waals surface area contributed by atoms with Crippen LogP contribution in [0.3, 0.4) is 0 Å². The largest absolute Gasteiger partial charge is 0.298 e. The number of halogens is 2. The van der Waals surface area contributed by atoms with Gasteiger partial charge in [0.2, 0.25) is 0 Å². The van der Waals surface area contributed by atoms with Gasteiger partial charge in [-0.2, -0.15) is 0 Å². The van der Waals surface area contributed by atoms with Gasteiger partial charge in [-0.25, -0.2) is 0 Å². The van der Waals surface area contributed by atoms with Crippen molar-refractivity contribution in [2.45, 2.75) is 0 Å². The van der Waals surface area contributed by atoms with Gasteiger partial charge < -0.3 is 0 Å². The molecule has 0 N–H and O–H groups in total. The molecule has 0 heterocycles. The zero-order valence-electron chi connectivity index (χ0n) is 9.19. The Bertz CT molecular complexity index is 606. The van der Waals surface area contributed by atoms with Gasteiger partial charge in [-0.1, -0.05) is 23.7 Å². The molecule has 0 amide bonds. The molecule has 0 spiro atoms. The van der Waals surface area contributed by atoms with Gasteiger partial charge in [0.25, 0.3) is 0 Å². The number of aldehydes is 1. The summed E-state index contributed by atoms with van der Waals surface area (Å²) in [4.78, 5) is 23.1. The Balaban J connectivity index is 2.46. The van der Waals surface area contributed by atoms with Crippen LogP contribution in [0.2, 0.25) is 5.02 Å². The van der Waals surface area contributed by atoms with E-state index >= 15 is 0 Å². The fourth-order valence-corrected chi connectivity index (χ4v) is 2.24. The molecule has 0 aromatic heterocycles. The number of hydrogen-bond acceptors (Lipinski definition) is 2. The standard InChI is InChI=1S/C14H8BrClO2/c15-13-10(8-17)2-1-3-12(13)14(18)9-4-6-11(16)7-5-9/h1-8H. The molecule has 0 radical (unpaired) electrons. The second-order valence-corrected chi connectivity index (χ2v) is 4.89. The van der Waals surface area contributed by atoms with Crippen molar-refractivity contribution in [3.8, 4) is 0 Å². The second-order valence-electron chi connectivity index (χ2n) is 3.66. The average Bonchev–Trinajstić information content (AvgIpc) is 2.39. The fourth-order valence-electron chi connectivity index (χ4n) is 1.57. The number of ketones is 1. The smallest absolute Gasteiger partial charge is 0.194 e. The van der Waals surface area contributed by atoms with Crippen LogP contribution in [-0.2, 0) is 0 Å². The first-order valence-corrected chi connectivity index (χ1v) is 6.34. The lowest BCUT2D eigenvalue weighted by Crippen LogP contribution is -2.03. The molecule has 0 fully saturated rings. The molecule has 0 aliphatic carbocycles. The second kappa shape index (κ2) is 5.46. The molecule has 0 saturated carbocycles. The van der Waals surface area contributed by atoms with Crippen LogP contribution < -0.4 is 0 Å². The lowest BCUT2D eigenvalue weighted by Gasteiger charge is -2.05. The zero-order valence-corrected chi connectivity index (χ0v) is 11.5. The highest BCUT2D eigenvalue weighted by Crippen LogP contribution is 2.23. The minimum atomic E-state index is -0.151. The van der Waals surface area contributed by atoms with E-state index in [-0.39, 0.29) is 5.78 Å². The van der Waals surface area contributed by atoms with Gasteiger partial charge in [0.15, 0.2) is 12.1 Å². The van der Waals surface area contributed by atoms with Crippen molar-refractivity contribution in [1.82, 2.24) is 0 Å². The number of hydrogen-bond donors (Lipinski definition) is 0. The summed E-state index contributed by atoms with van der Waals surface area (Å²) in [5.41, 5.74) is 1.44. The molecule has 18 heavy (non-hydrogen) atoms. The average molecular weight is 324 g/mol. The number of carbonyl (C=O) groups excluding carboxylic acids is 2. The molecule has 2 rings (SSSR count). The monoisotopic (exact) mass is 322 g/mol. The van der Waals surface area contributed by atoms with E-state index in [4.69, 9.17) is 11.6 Å². The van der Waals surface area contributed by atoms with E-state index in [2.05, 4.69) is 15.9 Å². The Morgan fingerprint density at radius 1 is 1.11 bits per heavy atom. The molecular formula is C14H8BrClO2. The molecule has 90 valence electrons. The Morgan fingerprint density at radius 2 is 1.78 bits per heavy atom. The van der Waals surface area contributed by atoms with E-state index in [0.29, 0.717) is 32.5 Å². The summed E-state index contributed by atoms with van der Waals surface area (Å²) < 4.78 is 0.514. The third-order valence-electron chi connectivity index (χ3n) is 2.51. The van der Waals surface area contributed by atoms with Crippen molar-refractivity contribution < 1.29 is 9.59 Å². The lowest BCUT2D eigenvalue weighted by molar-refractivity contribution is 0.103. The molecule has 4 heteroatoms. The van der Waals surface area contributed by atoms with Crippen LogP contribution in [0.5, 0.6) is 0 Å². The first-order valence-electron chi connectivity index (χ1n) is 5.17. The molecule has 2 nitrogen and oxygen atoms in total. The molecule has 0 unspecified atom stereocenters. The predicted molar refractivity (Wildman–Crippen MR) is 74.4 cm³/mol. The summed E-state index contributed by atoms with van der Waals surface area (Å²) in [5, 5.41) is 0.576. The minimum Gasteiger partial charge on any atom is -0.298 e. The van der Waals surface area contributed by atoms with Crippen LogP contribution in [0, 0.1) is 0 Å². The van der Waals surface area contributed by atoms with Crippen LogP contribution in [-0.4, -0.2) is 12.1 Å². The maximum absolute atomic E-state index is 12.3. The molecule has 0 atom stereocenters. The van der Waals surface area contributed by atoms with Gasteiger partial charge in [0.05, 0.1) is 0 Å². The van der Waals surface area contributed by atoms with E-state index in [1.165, 1.54) is 0 Å². The highest BCUT2D eigenvalue weighted by atomic mass is 79.9. The van der Waals surface area contributed by atoms with E-state index < -0.39 is 0 Å². The normalized spacial score (nSPS) is 10.1. The Morgan fingerprint density at radius 3 is 2.39 bits per heavy atom. The zero-order chi connectivity index (χ0) is 13.1. The van der Waals surface area contributed by atoms with Crippen molar-refractivity contribution in [3.63, 3.8) is 0 Å². The van der Waals surface area contributed by atoms with Gasteiger partial charge in [-0.15, -0.1) is 0 Å². The van der Waals surface area contributed by atoms with Crippen LogP contribution in [0.15, 0.2) is 46.9 Å². The van der Waals surface area contributed by atoms with Gasteiger partial charge in [-0.05, 0) is 46.3 Å². The summed E-state index contributed by atoms with van der Waals surface area (Å²) in [6, 6.07) is 11.6. The summed E-state index contributed by atoms with van der Waals surface area (Å²) in [5.74, 6) is -0.151. The lowest BCUT2D eigenvalue weighted by atomic mass is 10.0. The van der Waals surface area contributed by atoms with E-state index in [9.17, 15) is 9.59 Å². The first-order chi connectivity index (χ1) is 8.63. The fraction of sp³-hybridized carbons (Fsp3) is 0. The van der Waals surface area contributed by atoms with Gasteiger partial charge in [0, 0.05) is 26.2 Å². The Hall–Kier alpha value is -1.45. The summed E-state index contributed by atoms with van der Waals surface area (Å²) >= 11 is 9.05. The van der Waals surface area contributed by atoms with E-state index in [1.807, 2.05) is 0 Å².